The van der Waals surface area contributed by atoms with Crippen molar-refractivity contribution in [2.24, 2.45) is 0 Å². The summed E-state index contributed by atoms with van der Waals surface area (Å²) in [5.41, 5.74) is 5.22. The molecule has 1 heterocycles. The molecule has 210 valence electrons. The molecule has 0 saturated carbocycles. The van der Waals surface area contributed by atoms with Gasteiger partial charge in [0.1, 0.15) is 11.5 Å². The summed E-state index contributed by atoms with van der Waals surface area (Å²) in [5.74, 6) is 1.13. The van der Waals surface area contributed by atoms with E-state index in [9.17, 15) is 4.79 Å². The van der Waals surface area contributed by atoms with Gasteiger partial charge in [0.05, 0.1) is 39.0 Å². The van der Waals surface area contributed by atoms with E-state index in [0.717, 1.165) is 48.6 Å². The Kier molecular flexibility index (Phi) is 9.00. The van der Waals surface area contributed by atoms with E-state index in [1.807, 2.05) is 72.8 Å². The van der Waals surface area contributed by atoms with Crippen LogP contribution < -0.4 is 19.7 Å². The summed E-state index contributed by atoms with van der Waals surface area (Å²) in [6.07, 6.45) is 0.537. The molecule has 1 aliphatic rings. The molecule has 0 aliphatic carbocycles. The zero-order valence-corrected chi connectivity index (χ0v) is 26.1. The van der Waals surface area contributed by atoms with Gasteiger partial charge in [0, 0.05) is 32.4 Å². The zero-order valence-electron chi connectivity index (χ0n) is 22.9. The van der Waals surface area contributed by atoms with Gasteiger partial charge < -0.3 is 24.4 Å². The van der Waals surface area contributed by atoms with E-state index in [-0.39, 0.29) is 12.0 Å². The van der Waals surface area contributed by atoms with Crippen LogP contribution in [0.3, 0.4) is 0 Å². The second-order valence-corrected chi connectivity index (χ2v) is 11.4. The molecular weight excluding hydrogens is 648 g/mol. The second-order valence-electron chi connectivity index (χ2n) is 9.57. The van der Waals surface area contributed by atoms with Gasteiger partial charge in [0.15, 0.2) is 0 Å². The van der Waals surface area contributed by atoms with Crippen molar-refractivity contribution in [1.82, 2.24) is 0 Å². The molecule has 0 aromatic heterocycles. The van der Waals surface area contributed by atoms with Crippen molar-refractivity contribution >= 4 is 49.2 Å². The Hall–Kier alpha value is -3.75. The van der Waals surface area contributed by atoms with Gasteiger partial charge in [-0.25, -0.2) is 4.79 Å². The predicted octanol–water partition coefficient (Wildman–Crippen LogP) is 8.46. The number of ether oxygens (including phenoxy) is 3. The minimum absolute atomic E-state index is 0.125. The van der Waals surface area contributed by atoms with E-state index in [4.69, 9.17) is 14.2 Å². The summed E-state index contributed by atoms with van der Waals surface area (Å²) >= 11 is 7.09. The van der Waals surface area contributed by atoms with Crippen molar-refractivity contribution in [2.75, 3.05) is 31.5 Å². The van der Waals surface area contributed by atoms with E-state index >= 15 is 0 Å². The molecule has 8 heteroatoms. The van der Waals surface area contributed by atoms with Gasteiger partial charge in [-0.15, -0.1) is 0 Å². The molecule has 4 aromatic rings. The maximum Gasteiger partial charge on any atom is 0.337 e. The number of hydrogen-bond donors (Lipinski definition) is 1. The molecule has 0 fully saturated rings. The zero-order chi connectivity index (χ0) is 28.9. The van der Waals surface area contributed by atoms with Crippen LogP contribution in [-0.2, 0) is 9.53 Å². The molecule has 6 nitrogen and oxygen atoms in total. The van der Waals surface area contributed by atoms with Gasteiger partial charge in [-0.1, -0.05) is 56.1 Å². The maximum absolute atomic E-state index is 13.7. The summed E-state index contributed by atoms with van der Waals surface area (Å²) in [6, 6.07) is 31.5. The van der Waals surface area contributed by atoms with Gasteiger partial charge in [0.2, 0.25) is 0 Å². The molecule has 0 saturated heterocycles. The van der Waals surface area contributed by atoms with E-state index in [1.165, 1.54) is 7.11 Å². The van der Waals surface area contributed by atoms with Gasteiger partial charge in [-0.05, 0) is 83.9 Å². The van der Waals surface area contributed by atoms with Crippen molar-refractivity contribution in [1.29, 1.82) is 0 Å². The Labute approximate surface area is 257 Å². The Bertz CT molecular complexity index is 1520. The third-order valence-electron chi connectivity index (χ3n) is 7.21. The number of esters is 1. The van der Waals surface area contributed by atoms with E-state index in [1.54, 1.807) is 14.2 Å². The molecule has 0 bridgehead atoms. The number of benzene rings is 4. The van der Waals surface area contributed by atoms with Crippen LogP contribution in [0.2, 0.25) is 0 Å². The third kappa shape index (κ3) is 6.29. The van der Waals surface area contributed by atoms with Crippen LogP contribution in [0.25, 0.3) is 0 Å². The summed E-state index contributed by atoms with van der Waals surface area (Å²) in [6.45, 7) is 0. The van der Waals surface area contributed by atoms with E-state index in [2.05, 4.69) is 66.3 Å². The fourth-order valence-electron chi connectivity index (χ4n) is 5.22. The lowest BCUT2D eigenvalue weighted by atomic mass is 9.84. The average molecular weight is 678 g/mol. The molecule has 1 N–H and O–H groups in total. The molecular formula is C33H30Br2N2O4. The number of carbonyl (C=O) groups excluding carboxylic acids is 1. The summed E-state index contributed by atoms with van der Waals surface area (Å²) in [5, 5.41) is 3.57. The smallest absolute Gasteiger partial charge is 0.337 e. The highest BCUT2D eigenvalue weighted by Crippen LogP contribution is 2.48. The van der Waals surface area contributed by atoms with Gasteiger partial charge in [-0.2, -0.15) is 0 Å². The quantitative estimate of drug-likeness (QED) is 0.189. The standard InChI is InChI=1S/C33H30Br2N2O4/c1-39-27-16-4-21(5-17-27)30-20-29(36-25-12-8-23(34)9-13-25)31(33(38)41-3)32(22-6-18-28(40-2)19-7-22)37(30)26-14-10-24(35)11-15-26/h4-19,30,32,36H,20H2,1-3H3/t30-,32+/m0/s1. The first-order chi connectivity index (χ1) is 19.9. The van der Waals surface area contributed by atoms with Crippen LogP contribution in [0.1, 0.15) is 29.6 Å². The highest BCUT2D eigenvalue weighted by Gasteiger charge is 2.41. The molecule has 5 rings (SSSR count). The Morgan fingerprint density at radius 2 is 1.24 bits per heavy atom. The average Bonchev–Trinajstić information content (AvgIpc) is 3.02. The van der Waals surface area contributed by atoms with Crippen LogP contribution >= 0.6 is 31.9 Å². The Morgan fingerprint density at radius 1 is 0.732 bits per heavy atom. The summed E-state index contributed by atoms with van der Waals surface area (Å²) in [7, 11) is 4.73. The number of nitrogens with one attached hydrogen (secondary N) is 1. The fourth-order valence-corrected chi connectivity index (χ4v) is 5.75. The minimum Gasteiger partial charge on any atom is -0.497 e. The second kappa shape index (κ2) is 12.8. The van der Waals surface area contributed by atoms with Gasteiger partial charge >= 0.3 is 5.97 Å². The Morgan fingerprint density at radius 3 is 1.76 bits per heavy atom. The summed E-state index contributed by atoms with van der Waals surface area (Å²) in [4.78, 5) is 16.0. The minimum atomic E-state index is -0.465. The van der Waals surface area contributed by atoms with Crippen molar-refractivity contribution in [3.63, 3.8) is 0 Å². The van der Waals surface area contributed by atoms with E-state index < -0.39 is 6.04 Å². The molecule has 0 radical (unpaired) electrons. The van der Waals surface area contributed by atoms with Crippen molar-refractivity contribution in [3.05, 3.63) is 128 Å². The first-order valence-electron chi connectivity index (χ1n) is 13.1. The molecule has 0 amide bonds. The largest absolute Gasteiger partial charge is 0.497 e. The predicted molar refractivity (Wildman–Crippen MR) is 170 cm³/mol. The lowest BCUT2D eigenvalue weighted by molar-refractivity contribution is -0.136. The van der Waals surface area contributed by atoms with Crippen LogP contribution in [0, 0.1) is 0 Å². The van der Waals surface area contributed by atoms with Gasteiger partial charge in [0.25, 0.3) is 0 Å². The van der Waals surface area contributed by atoms with E-state index in [0.29, 0.717) is 12.0 Å². The topological polar surface area (TPSA) is 60.0 Å². The number of halogens is 2. The lowest BCUT2D eigenvalue weighted by Crippen LogP contribution is -2.41. The number of rotatable bonds is 8. The molecule has 0 spiro atoms. The molecule has 1 aliphatic heterocycles. The van der Waals surface area contributed by atoms with Crippen LogP contribution in [0.5, 0.6) is 11.5 Å². The third-order valence-corrected chi connectivity index (χ3v) is 8.27. The number of anilines is 2. The van der Waals surface area contributed by atoms with Gasteiger partial charge in [-0.3, -0.25) is 0 Å². The normalized spacial score (nSPS) is 16.8. The van der Waals surface area contributed by atoms with Crippen LogP contribution in [-0.4, -0.2) is 27.3 Å². The maximum atomic E-state index is 13.7. The molecule has 2 atom stereocenters. The number of methoxy groups -OCH3 is 3. The first kappa shape index (κ1) is 28.8. The SMILES string of the molecule is COC(=O)C1=C(Nc2ccc(Br)cc2)C[C@@H](c2ccc(OC)cc2)N(c2ccc(Br)cc2)[C@@H]1c1ccc(OC)cc1. The van der Waals surface area contributed by atoms with Crippen molar-refractivity contribution < 1.29 is 19.0 Å². The lowest BCUT2D eigenvalue weighted by Gasteiger charge is -2.46. The monoisotopic (exact) mass is 676 g/mol. The fraction of sp³-hybridized carbons (Fsp3) is 0.182. The number of carbonyl (C=O) groups is 1. The number of nitrogens with zero attached hydrogens (tertiary/aromatic N) is 1. The van der Waals surface area contributed by atoms with Crippen molar-refractivity contribution in [2.45, 2.75) is 18.5 Å². The van der Waals surface area contributed by atoms with Crippen LogP contribution in [0.15, 0.2) is 117 Å². The molecule has 41 heavy (non-hydrogen) atoms. The molecule has 0 unspecified atom stereocenters. The number of hydrogen-bond acceptors (Lipinski definition) is 6. The highest BCUT2D eigenvalue weighted by atomic mass is 79.9. The van der Waals surface area contributed by atoms with Crippen molar-refractivity contribution in [3.8, 4) is 11.5 Å². The summed E-state index contributed by atoms with van der Waals surface area (Å²) < 4.78 is 18.3. The highest BCUT2D eigenvalue weighted by molar-refractivity contribution is 9.10. The van der Waals surface area contributed by atoms with Crippen LogP contribution in [0.4, 0.5) is 11.4 Å². The molecule has 4 aromatic carbocycles. The first-order valence-corrected chi connectivity index (χ1v) is 14.7. The Balaban J connectivity index is 1.76.